The molecule has 1 aliphatic rings. The van der Waals surface area contributed by atoms with Crippen LogP contribution in [-0.4, -0.2) is 33.5 Å². The van der Waals surface area contributed by atoms with Gasteiger partial charge in [0.1, 0.15) is 5.82 Å². The molecule has 0 spiro atoms. The van der Waals surface area contributed by atoms with E-state index in [4.69, 9.17) is 5.11 Å². The first-order valence-electron chi connectivity index (χ1n) is 8.40. The van der Waals surface area contributed by atoms with Crippen molar-refractivity contribution < 1.29 is 14.7 Å². The van der Waals surface area contributed by atoms with Crippen LogP contribution in [0.3, 0.4) is 0 Å². The van der Waals surface area contributed by atoms with E-state index >= 15 is 0 Å². The van der Waals surface area contributed by atoms with Crippen molar-refractivity contribution in [2.24, 2.45) is 11.8 Å². The minimum atomic E-state index is -0.793. The number of aromatic nitrogens is 2. The normalized spacial score (nSPS) is 20.4. The Bertz CT molecular complexity index is 742. The number of aromatic amines is 1. The van der Waals surface area contributed by atoms with Gasteiger partial charge in [0.15, 0.2) is 0 Å². The van der Waals surface area contributed by atoms with Crippen molar-refractivity contribution in [2.75, 3.05) is 6.54 Å². The number of benzene rings is 1. The Kier molecular flexibility index (Phi) is 4.55. The maximum atomic E-state index is 12.1. The molecule has 1 aromatic heterocycles. The quantitative estimate of drug-likeness (QED) is 0.784. The van der Waals surface area contributed by atoms with Gasteiger partial charge in [-0.2, -0.15) is 0 Å². The Balaban J connectivity index is 1.53. The number of nitrogens with zero attached hydrogens (tertiary/aromatic N) is 1. The van der Waals surface area contributed by atoms with E-state index in [1.807, 2.05) is 0 Å². The summed E-state index contributed by atoms with van der Waals surface area (Å²) < 4.78 is 0. The van der Waals surface area contributed by atoms with E-state index in [9.17, 15) is 9.59 Å². The van der Waals surface area contributed by atoms with Gasteiger partial charge in [-0.3, -0.25) is 9.59 Å². The lowest BCUT2D eigenvalue weighted by Gasteiger charge is -2.10. The highest BCUT2D eigenvalue weighted by Crippen LogP contribution is 2.31. The molecule has 0 unspecified atom stereocenters. The highest BCUT2D eigenvalue weighted by atomic mass is 16.4. The van der Waals surface area contributed by atoms with Crippen LogP contribution in [0, 0.1) is 25.7 Å². The van der Waals surface area contributed by atoms with E-state index in [1.54, 1.807) is 0 Å². The molecule has 0 aliphatic heterocycles. The van der Waals surface area contributed by atoms with Gasteiger partial charge in [0.2, 0.25) is 5.91 Å². The fourth-order valence-corrected chi connectivity index (χ4v) is 3.33. The summed E-state index contributed by atoms with van der Waals surface area (Å²) in [6.07, 6.45) is 2.33. The molecule has 2 atom stereocenters. The maximum Gasteiger partial charge on any atom is 0.306 e. The predicted molar refractivity (Wildman–Crippen MR) is 90.7 cm³/mol. The van der Waals surface area contributed by atoms with E-state index in [0.29, 0.717) is 32.2 Å². The smallest absolute Gasteiger partial charge is 0.306 e. The zero-order valence-electron chi connectivity index (χ0n) is 14.1. The Hall–Kier alpha value is -2.37. The molecule has 6 nitrogen and oxygen atoms in total. The summed E-state index contributed by atoms with van der Waals surface area (Å²) in [5.41, 5.74) is 4.39. The van der Waals surface area contributed by atoms with E-state index in [-0.39, 0.29) is 17.7 Å². The summed E-state index contributed by atoms with van der Waals surface area (Å²) in [5, 5.41) is 11.9. The number of fused-ring (bicyclic) bond motifs is 1. The van der Waals surface area contributed by atoms with Crippen LogP contribution >= 0.6 is 0 Å². The molecule has 2 aromatic rings. The predicted octanol–water partition coefficient (Wildman–Crippen LogP) is 2.34. The number of rotatable bonds is 5. The van der Waals surface area contributed by atoms with Crippen LogP contribution in [0.15, 0.2) is 12.1 Å². The Morgan fingerprint density at radius 1 is 1.25 bits per heavy atom. The summed E-state index contributed by atoms with van der Waals surface area (Å²) >= 11 is 0. The second-order valence-corrected chi connectivity index (χ2v) is 6.72. The highest BCUT2D eigenvalue weighted by molar-refractivity contribution is 5.81. The second kappa shape index (κ2) is 6.63. The van der Waals surface area contributed by atoms with Crippen molar-refractivity contribution in [1.29, 1.82) is 0 Å². The third-order valence-electron chi connectivity index (χ3n) is 4.96. The number of carbonyl (C=O) groups is 2. The largest absolute Gasteiger partial charge is 0.481 e. The Morgan fingerprint density at radius 2 is 1.96 bits per heavy atom. The number of hydrogen-bond donors (Lipinski definition) is 3. The number of imidazole rings is 1. The van der Waals surface area contributed by atoms with Gasteiger partial charge in [0, 0.05) is 18.9 Å². The minimum Gasteiger partial charge on any atom is -0.481 e. The molecule has 1 heterocycles. The van der Waals surface area contributed by atoms with Crippen LogP contribution in [0.25, 0.3) is 11.0 Å². The number of nitrogens with one attached hydrogen (secondary N) is 2. The average Bonchev–Trinajstić information content (AvgIpc) is 3.14. The van der Waals surface area contributed by atoms with Crippen LogP contribution in [-0.2, 0) is 16.0 Å². The first-order chi connectivity index (χ1) is 11.4. The molecule has 0 bridgehead atoms. The van der Waals surface area contributed by atoms with E-state index in [2.05, 4.69) is 41.3 Å². The minimum absolute atomic E-state index is 0.0402. The fraction of sp³-hybridized carbons (Fsp3) is 0.500. The van der Waals surface area contributed by atoms with Gasteiger partial charge in [0.25, 0.3) is 0 Å². The van der Waals surface area contributed by atoms with Crippen molar-refractivity contribution >= 4 is 22.9 Å². The van der Waals surface area contributed by atoms with Crippen LogP contribution < -0.4 is 5.32 Å². The number of aryl methyl sites for hydroxylation is 2. The average molecular weight is 329 g/mol. The molecule has 1 saturated carbocycles. The monoisotopic (exact) mass is 329 g/mol. The van der Waals surface area contributed by atoms with Crippen LogP contribution in [0.1, 0.15) is 36.2 Å². The molecule has 1 aromatic carbocycles. The zero-order chi connectivity index (χ0) is 17.3. The van der Waals surface area contributed by atoms with E-state index in [0.717, 1.165) is 16.9 Å². The first kappa shape index (κ1) is 16.5. The Morgan fingerprint density at radius 3 is 2.67 bits per heavy atom. The van der Waals surface area contributed by atoms with Crippen molar-refractivity contribution in [2.45, 2.75) is 39.5 Å². The molecule has 1 fully saturated rings. The van der Waals surface area contributed by atoms with Crippen LogP contribution in [0.5, 0.6) is 0 Å². The summed E-state index contributed by atoms with van der Waals surface area (Å²) in [7, 11) is 0. The molecule has 1 amide bonds. The number of aliphatic carboxylic acids is 1. The lowest BCUT2D eigenvalue weighted by atomic mass is 10.0. The van der Waals surface area contributed by atoms with Gasteiger partial charge in [-0.1, -0.05) is 0 Å². The van der Waals surface area contributed by atoms with Gasteiger partial charge in [-0.05, 0) is 56.4 Å². The molecule has 3 N–H and O–H groups in total. The molecule has 0 saturated heterocycles. The molecular weight excluding hydrogens is 306 g/mol. The molecular formula is C18H23N3O3. The number of H-pyrrole nitrogens is 1. The molecule has 0 radical (unpaired) electrons. The van der Waals surface area contributed by atoms with E-state index in [1.165, 1.54) is 11.1 Å². The van der Waals surface area contributed by atoms with Gasteiger partial charge in [-0.25, -0.2) is 4.98 Å². The van der Waals surface area contributed by atoms with Crippen LogP contribution in [0.2, 0.25) is 0 Å². The topological polar surface area (TPSA) is 95.1 Å². The van der Waals surface area contributed by atoms with Gasteiger partial charge in [-0.15, -0.1) is 0 Å². The van der Waals surface area contributed by atoms with Crippen molar-refractivity contribution in [3.8, 4) is 0 Å². The van der Waals surface area contributed by atoms with Gasteiger partial charge >= 0.3 is 5.97 Å². The summed E-state index contributed by atoms with van der Waals surface area (Å²) in [6, 6.07) is 4.15. The lowest BCUT2D eigenvalue weighted by Crippen LogP contribution is -2.31. The van der Waals surface area contributed by atoms with E-state index < -0.39 is 5.97 Å². The number of hydrogen-bond acceptors (Lipinski definition) is 3. The number of carbonyl (C=O) groups excluding carboxylic acids is 1. The number of carboxylic acids is 1. The molecule has 128 valence electrons. The summed E-state index contributed by atoms with van der Waals surface area (Å²) in [6.45, 7) is 4.64. The first-order valence-corrected chi connectivity index (χ1v) is 8.40. The zero-order valence-corrected chi connectivity index (χ0v) is 14.1. The third-order valence-corrected chi connectivity index (χ3v) is 4.96. The third kappa shape index (κ3) is 3.42. The Labute approximate surface area is 140 Å². The SMILES string of the molecule is Cc1cc2nc(CCNC(=O)[C@H]3CC[C@@H](C(=O)O)C3)[nH]c2cc1C. The lowest BCUT2D eigenvalue weighted by molar-refractivity contribution is -0.141. The highest BCUT2D eigenvalue weighted by Gasteiger charge is 2.33. The number of carboxylic acid groups (broad SMARTS) is 1. The van der Waals surface area contributed by atoms with Crippen LogP contribution in [0.4, 0.5) is 0 Å². The van der Waals surface area contributed by atoms with Crippen molar-refractivity contribution in [3.63, 3.8) is 0 Å². The maximum absolute atomic E-state index is 12.1. The molecule has 24 heavy (non-hydrogen) atoms. The fourth-order valence-electron chi connectivity index (χ4n) is 3.33. The molecule has 6 heteroatoms. The number of amides is 1. The summed E-state index contributed by atoms with van der Waals surface area (Å²) in [4.78, 5) is 30.9. The molecule has 3 rings (SSSR count). The van der Waals surface area contributed by atoms with Gasteiger partial charge in [0.05, 0.1) is 17.0 Å². The van der Waals surface area contributed by atoms with Gasteiger partial charge < -0.3 is 15.4 Å². The van der Waals surface area contributed by atoms with Crippen molar-refractivity contribution in [3.05, 3.63) is 29.1 Å². The molecule has 1 aliphatic carbocycles. The van der Waals surface area contributed by atoms with Crippen molar-refractivity contribution in [1.82, 2.24) is 15.3 Å². The summed E-state index contributed by atoms with van der Waals surface area (Å²) in [5.74, 6) is -0.528. The second-order valence-electron chi connectivity index (χ2n) is 6.72. The standard InChI is InChI=1S/C18H23N3O3/c1-10-7-14-15(8-11(10)2)21-16(20-14)5-6-19-17(22)12-3-4-13(9-12)18(23)24/h7-8,12-13H,3-6,9H2,1-2H3,(H,19,22)(H,20,21)(H,23,24)/t12-,13+/m0/s1.